The molecule has 2 aromatic rings. The lowest BCUT2D eigenvalue weighted by molar-refractivity contribution is 0.681. The first-order valence-corrected chi connectivity index (χ1v) is 8.66. The molecule has 0 bridgehead atoms. The quantitative estimate of drug-likeness (QED) is 0.633. The predicted molar refractivity (Wildman–Crippen MR) is 100 cm³/mol. The maximum atomic E-state index is 4.63. The molecule has 0 spiro atoms. The van der Waals surface area contributed by atoms with Gasteiger partial charge >= 0.3 is 0 Å². The molecule has 1 unspecified atom stereocenters. The third kappa shape index (κ3) is 4.16. The lowest BCUT2D eigenvalue weighted by atomic mass is 10.1. The monoisotopic (exact) mass is 327 g/mol. The highest BCUT2D eigenvalue weighted by molar-refractivity contribution is 5.80. The minimum atomic E-state index is 0.197. The van der Waals surface area contributed by atoms with Gasteiger partial charge < -0.3 is 10.6 Å². The van der Waals surface area contributed by atoms with E-state index in [2.05, 4.69) is 65.8 Å². The van der Waals surface area contributed by atoms with Crippen molar-refractivity contribution in [2.24, 2.45) is 12.0 Å². The van der Waals surface area contributed by atoms with Gasteiger partial charge in [0.25, 0.3) is 0 Å². The zero-order chi connectivity index (χ0) is 17.5. The Kier molecular flexibility index (Phi) is 6.41. The number of aromatic nitrogens is 2. The van der Waals surface area contributed by atoms with Crippen molar-refractivity contribution in [2.75, 3.05) is 7.05 Å². The molecule has 0 saturated carbocycles. The van der Waals surface area contributed by atoms with Crippen molar-refractivity contribution in [3.05, 3.63) is 52.8 Å². The Labute approximate surface area is 145 Å². The zero-order valence-corrected chi connectivity index (χ0v) is 15.4. The van der Waals surface area contributed by atoms with Crippen LogP contribution in [0, 0.1) is 0 Å². The van der Waals surface area contributed by atoms with Crippen molar-refractivity contribution in [1.29, 1.82) is 0 Å². The first-order valence-electron chi connectivity index (χ1n) is 8.66. The van der Waals surface area contributed by atoms with Gasteiger partial charge in [0.05, 0.1) is 11.7 Å². The van der Waals surface area contributed by atoms with Crippen LogP contribution in [-0.2, 0) is 26.4 Å². The first-order chi connectivity index (χ1) is 11.6. The van der Waals surface area contributed by atoms with Crippen molar-refractivity contribution in [1.82, 2.24) is 20.4 Å². The topological polar surface area (TPSA) is 54.2 Å². The third-order valence-electron chi connectivity index (χ3n) is 4.34. The predicted octanol–water partition coefficient (Wildman–Crippen LogP) is 2.97. The van der Waals surface area contributed by atoms with Crippen molar-refractivity contribution in [2.45, 2.75) is 46.2 Å². The fourth-order valence-electron chi connectivity index (χ4n) is 2.99. The molecule has 5 heteroatoms. The highest BCUT2D eigenvalue weighted by Crippen LogP contribution is 2.15. The molecular weight excluding hydrogens is 298 g/mol. The zero-order valence-electron chi connectivity index (χ0n) is 15.4. The molecule has 0 aliphatic carbocycles. The van der Waals surface area contributed by atoms with Crippen LogP contribution in [0.25, 0.3) is 0 Å². The summed E-state index contributed by atoms with van der Waals surface area (Å²) in [6.07, 6.45) is 1.92. The van der Waals surface area contributed by atoms with Gasteiger partial charge in [-0.15, -0.1) is 0 Å². The smallest absolute Gasteiger partial charge is 0.191 e. The Balaban J connectivity index is 2.05. The van der Waals surface area contributed by atoms with Crippen molar-refractivity contribution in [3.63, 3.8) is 0 Å². The van der Waals surface area contributed by atoms with Gasteiger partial charge in [0.2, 0.25) is 0 Å². The number of hydrogen-bond donors (Lipinski definition) is 2. The van der Waals surface area contributed by atoms with Crippen molar-refractivity contribution < 1.29 is 0 Å². The summed E-state index contributed by atoms with van der Waals surface area (Å²) in [7, 11) is 3.82. The standard InChI is InChI=1S/C19H29N5/c1-6-17-16(18(7-2)24(5)23-17)13-21-19(20-4)22-14(3)15-11-9-8-10-12-15/h8-12,14H,6-7,13H2,1-5H3,(H2,20,21,22). The second-order valence-electron chi connectivity index (χ2n) is 5.91. The third-order valence-corrected chi connectivity index (χ3v) is 4.34. The number of aryl methyl sites for hydroxylation is 2. The average molecular weight is 327 g/mol. The molecule has 0 saturated heterocycles. The molecule has 0 aliphatic heterocycles. The summed E-state index contributed by atoms with van der Waals surface area (Å²) >= 11 is 0. The molecule has 130 valence electrons. The van der Waals surface area contributed by atoms with E-state index in [0.29, 0.717) is 0 Å². The van der Waals surface area contributed by atoms with Crippen LogP contribution in [0.4, 0.5) is 0 Å². The molecule has 1 heterocycles. The Bertz CT molecular complexity index is 673. The summed E-state index contributed by atoms with van der Waals surface area (Å²) in [5.74, 6) is 0.805. The fourth-order valence-corrected chi connectivity index (χ4v) is 2.99. The molecule has 5 nitrogen and oxygen atoms in total. The molecule has 2 N–H and O–H groups in total. The minimum absolute atomic E-state index is 0.197. The summed E-state index contributed by atoms with van der Waals surface area (Å²) in [5.41, 5.74) is 4.97. The summed E-state index contributed by atoms with van der Waals surface area (Å²) < 4.78 is 2.00. The molecule has 0 aliphatic rings. The molecule has 1 aromatic carbocycles. The summed E-state index contributed by atoms with van der Waals surface area (Å²) in [5, 5.41) is 11.5. The van der Waals surface area contributed by atoms with Crippen LogP contribution in [0.3, 0.4) is 0 Å². The molecule has 0 radical (unpaired) electrons. The minimum Gasteiger partial charge on any atom is -0.352 e. The van der Waals surface area contributed by atoms with Gasteiger partial charge in [0.15, 0.2) is 5.96 Å². The van der Waals surface area contributed by atoms with E-state index in [1.165, 1.54) is 16.8 Å². The van der Waals surface area contributed by atoms with E-state index in [-0.39, 0.29) is 6.04 Å². The Morgan fingerprint density at radius 1 is 1.21 bits per heavy atom. The molecule has 1 atom stereocenters. The van der Waals surface area contributed by atoms with Crippen LogP contribution < -0.4 is 10.6 Å². The van der Waals surface area contributed by atoms with E-state index < -0.39 is 0 Å². The lowest BCUT2D eigenvalue weighted by Gasteiger charge is -2.18. The maximum Gasteiger partial charge on any atom is 0.191 e. The van der Waals surface area contributed by atoms with Crippen LogP contribution in [0.15, 0.2) is 35.3 Å². The number of benzene rings is 1. The van der Waals surface area contributed by atoms with E-state index in [4.69, 9.17) is 0 Å². The number of nitrogens with zero attached hydrogens (tertiary/aromatic N) is 3. The highest BCUT2D eigenvalue weighted by Gasteiger charge is 2.14. The Morgan fingerprint density at radius 3 is 2.50 bits per heavy atom. The van der Waals surface area contributed by atoms with E-state index in [1.807, 2.05) is 17.8 Å². The number of hydrogen-bond acceptors (Lipinski definition) is 2. The number of rotatable bonds is 6. The van der Waals surface area contributed by atoms with Gasteiger partial charge in [-0.25, -0.2) is 0 Å². The highest BCUT2D eigenvalue weighted by atomic mass is 15.3. The molecule has 0 amide bonds. The number of nitrogens with one attached hydrogen (secondary N) is 2. The van der Waals surface area contributed by atoms with Crippen LogP contribution in [0.1, 0.15) is 49.3 Å². The van der Waals surface area contributed by atoms with Crippen LogP contribution in [0.2, 0.25) is 0 Å². The lowest BCUT2D eigenvalue weighted by Crippen LogP contribution is -2.38. The van der Waals surface area contributed by atoms with Gasteiger partial charge in [-0.1, -0.05) is 44.2 Å². The summed E-state index contributed by atoms with van der Waals surface area (Å²) in [6.45, 7) is 7.20. The van der Waals surface area contributed by atoms with E-state index in [9.17, 15) is 0 Å². The van der Waals surface area contributed by atoms with Crippen LogP contribution in [0.5, 0.6) is 0 Å². The van der Waals surface area contributed by atoms with Gasteiger partial charge in [-0.2, -0.15) is 5.10 Å². The average Bonchev–Trinajstić information content (AvgIpc) is 2.93. The normalized spacial score (nSPS) is 13.0. The Morgan fingerprint density at radius 2 is 1.92 bits per heavy atom. The van der Waals surface area contributed by atoms with E-state index >= 15 is 0 Å². The molecule has 24 heavy (non-hydrogen) atoms. The van der Waals surface area contributed by atoms with Crippen molar-refractivity contribution >= 4 is 5.96 Å². The van der Waals surface area contributed by atoms with Gasteiger partial charge in [0.1, 0.15) is 0 Å². The molecule has 2 rings (SSSR count). The van der Waals surface area contributed by atoms with Gasteiger partial charge in [-0.05, 0) is 25.3 Å². The summed E-state index contributed by atoms with van der Waals surface area (Å²) in [6, 6.07) is 10.6. The first kappa shape index (κ1) is 18.0. The van der Waals surface area contributed by atoms with Gasteiger partial charge in [0, 0.05) is 31.9 Å². The SMILES string of the molecule is CCc1nn(C)c(CC)c1CNC(=NC)NC(C)c1ccccc1. The Hall–Kier alpha value is -2.30. The number of aliphatic imine (C=N–C) groups is 1. The molecule has 0 fully saturated rings. The molecule has 1 aromatic heterocycles. The number of guanidine groups is 1. The van der Waals surface area contributed by atoms with Crippen LogP contribution >= 0.6 is 0 Å². The summed E-state index contributed by atoms with van der Waals surface area (Å²) in [4.78, 5) is 4.35. The fraction of sp³-hybridized carbons (Fsp3) is 0.474. The largest absolute Gasteiger partial charge is 0.352 e. The van der Waals surface area contributed by atoms with E-state index in [0.717, 1.165) is 31.0 Å². The molecular formula is C19H29N5. The van der Waals surface area contributed by atoms with Crippen LogP contribution in [-0.4, -0.2) is 22.8 Å². The van der Waals surface area contributed by atoms with Crippen molar-refractivity contribution in [3.8, 4) is 0 Å². The van der Waals surface area contributed by atoms with Gasteiger partial charge in [-0.3, -0.25) is 9.67 Å². The van der Waals surface area contributed by atoms with E-state index in [1.54, 1.807) is 7.05 Å². The second kappa shape index (κ2) is 8.52. The second-order valence-corrected chi connectivity index (χ2v) is 5.91. The maximum absolute atomic E-state index is 4.63.